The molecule has 6 N–H and O–H groups in total. The van der Waals surface area contributed by atoms with Gasteiger partial charge in [0.25, 0.3) is 0 Å². The monoisotopic (exact) mass is 534 g/mol. The fourth-order valence-corrected chi connectivity index (χ4v) is 6.79. The van der Waals surface area contributed by atoms with Crippen molar-refractivity contribution in [2.75, 3.05) is 20.9 Å². The van der Waals surface area contributed by atoms with Crippen LogP contribution in [0.15, 0.2) is 84.9 Å². The summed E-state index contributed by atoms with van der Waals surface area (Å²) in [7, 11) is -7.29. The summed E-state index contributed by atoms with van der Waals surface area (Å²) in [6, 6.07) is 24.2. The number of anilines is 4. The Morgan fingerprint density at radius 3 is 1.32 bits per heavy atom. The number of hydrogen-bond acceptors (Lipinski definition) is 6. The summed E-state index contributed by atoms with van der Waals surface area (Å²) in [5, 5.41) is 0. The lowest BCUT2D eigenvalue weighted by molar-refractivity contribution is 0.598. The van der Waals surface area contributed by atoms with Gasteiger partial charge in [-0.15, -0.1) is 0 Å². The number of benzene rings is 4. The van der Waals surface area contributed by atoms with E-state index < -0.39 is 20.0 Å². The van der Waals surface area contributed by atoms with Crippen LogP contribution in [0.2, 0.25) is 0 Å². The maximum Gasteiger partial charge on any atom is 0.236 e. The van der Waals surface area contributed by atoms with Crippen molar-refractivity contribution in [3.8, 4) is 11.1 Å². The Hall–Kier alpha value is -4.02. The first-order valence-corrected chi connectivity index (χ1v) is 14.8. The highest BCUT2D eigenvalue weighted by atomic mass is 32.2. The van der Waals surface area contributed by atoms with Gasteiger partial charge >= 0.3 is 0 Å². The van der Waals surface area contributed by atoms with Crippen LogP contribution in [0, 0.1) is 0 Å². The molecule has 8 nitrogen and oxygen atoms in total. The molecule has 0 amide bonds. The molecule has 10 heteroatoms. The first-order valence-electron chi connectivity index (χ1n) is 11.5. The zero-order chi connectivity index (χ0) is 26.2. The van der Waals surface area contributed by atoms with Crippen molar-refractivity contribution in [1.82, 2.24) is 0 Å². The first kappa shape index (κ1) is 24.7. The van der Waals surface area contributed by atoms with Gasteiger partial charge < -0.3 is 11.5 Å². The molecule has 1 aliphatic carbocycles. The van der Waals surface area contributed by atoms with E-state index in [1.54, 1.807) is 48.5 Å². The quantitative estimate of drug-likeness (QED) is 0.218. The number of nitrogens with one attached hydrogen (secondary N) is 2. The first-order chi connectivity index (χ1) is 17.6. The molecule has 4 aromatic carbocycles. The number of rotatable bonds is 8. The molecule has 0 radical (unpaired) electrons. The molecule has 0 saturated carbocycles. The van der Waals surface area contributed by atoms with Crippen LogP contribution in [0.1, 0.15) is 22.3 Å². The lowest BCUT2D eigenvalue weighted by Crippen LogP contribution is -2.15. The van der Waals surface area contributed by atoms with Gasteiger partial charge in [0.15, 0.2) is 0 Å². The lowest BCUT2D eigenvalue weighted by atomic mass is 10.0. The highest BCUT2D eigenvalue weighted by Gasteiger charge is 2.22. The number of hydrogen-bond donors (Lipinski definition) is 4. The fraction of sp³-hybridized carbons (Fsp3) is 0.111. The minimum atomic E-state index is -3.65. The largest absolute Gasteiger partial charge is 0.399 e. The van der Waals surface area contributed by atoms with E-state index >= 15 is 0 Å². The van der Waals surface area contributed by atoms with Gasteiger partial charge in [0.2, 0.25) is 20.0 Å². The fourth-order valence-electron chi connectivity index (χ4n) is 4.41. The van der Waals surface area contributed by atoms with Crippen LogP contribution in [-0.4, -0.2) is 16.8 Å². The van der Waals surface area contributed by atoms with Gasteiger partial charge in [-0.05, 0) is 100 Å². The third-order valence-electron chi connectivity index (χ3n) is 6.10. The zero-order valence-electron chi connectivity index (χ0n) is 19.8. The minimum Gasteiger partial charge on any atom is -0.399 e. The Bertz CT molecular complexity index is 1560. The Morgan fingerprint density at radius 2 is 0.946 bits per heavy atom. The molecule has 1 aliphatic rings. The van der Waals surface area contributed by atoms with Gasteiger partial charge in [-0.1, -0.05) is 24.3 Å². The number of nitrogen functional groups attached to an aromatic ring is 2. The van der Waals surface area contributed by atoms with Gasteiger partial charge in [-0.2, -0.15) is 0 Å². The number of sulfonamides is 2. The van der Waals surface area contributed by atoms with Crippen molar-refractivity contribution in [3.63, 3.8) is 0 Å². The van der Waals surface area contributed by atoms with Crippen molar-refractivity contribution < 1.29 is 16.8 Å². The highest BCUT2D eigenvalue weighted by molar-refractivity contribution is 7.92. The molecule has 0 heterocycles. The molecule has 0 bridgehead atoms. The summed E-state index contributed by atoms with van der Waals surface area (Å²) in [5.41, 5.74) is 18.6. The number of nitrogens with two attached hydrogens (primary N) is 2. The van der Waals surface area contributed by atoms with Crippen LogP contribution in [0.25, 0.3) is 11.1 Å². The molecule has 0 unspecified atom stereocenters. The Labute approximate surface area is 216 Å². The van der Waals surface area contributed by atoms with E-state index in [1.807, 2.05) is 36.4 Å². The molecule has 0 aliphatic heterocycles. The second-order valence-corrected chi connectivity index (χ2v) is 12.6. The normalized spacial score (nSPS) is 12.5. The predicted molar refractivity (Wildman–Crippen MR) is 149 cm³/mol. The van der Waals surface area contributed by atoms with E-state index in [0.29, 0.717) is 40.3 Å². The van der Waals surface area contributed by atoms with Crippen molar-refractivity contribution in [2.24, 2.45) is 0 Å². The van der Waals surface area contributed by atoms with Crippen molar-refractivity contribution >= 4 is 42.8 Å². The van der Waals surface area contributed by atoms with Gasteiger partial charge in [0, 0.05) is 22.7 Å². The van der Waals surface area contributed by atoms with Crippen LogP contribution in [0.5, 0.6) is 0 Å². The molecule has 0 fully saturated rings. The van der Waals surface area contributed by atoms with Gasteiger partial charge in [0.05, 0.1) is 11.5 Å². The molecular formula is C27H26N4O4S2. The van der Waals surface area contributed by atoms with Crippen LogP contribution in [0.4, 0.5) is 22.7 Å². The summed E-state index contributed by atoms with van der Waals surface area (Å²) < 4.78 is 56.2. The molecule has 0 saturated heterocycles. The van der Waals surface area contributed by atoms with Crippen LogP contribution in [-0.2, 0) is 38.0 Å². The molecule has 0 aromatic heterocycles. The van der Waals surface area contributed by atoms with Crippen molar-refractivity contribution in [2.45, 2.75) is 17.9 Å². The molecular weight excluding hydrogens is 508 g/mol. The third kappa shape index (κ3) is 5.87. The van der Waals surface area contributed by atoms with E-state index in [9.17, 15) is 16.8 Å². The third-order valence-corrected chi connectivity index (χ3v) is 8.62. The Balaban J connectivity index is 1.35. The van der Waals surface area contributed by atoms with E-state index in [2.05, 4.69) is 9.44 Å². The van der Waals surface area contributed by atoms with E-state index in [4.69, 9.17) is 11.5 Å². The smallest absolute Gasteiger partial charge is 0.236 e. The summed E-state index contributed by atoms with van der Waals surface area (Å²) in [6.45, 7) is 0. The van der Waals surface area contributed by atoms with Crippen molar-refractivity contribution in [1.29, 1.82) is 0 Å². The Morgan fingerprint density at radius 1 is 0.568 bits per heavy atom. The molecule has 190 valence electrons. The number of fused-ring (bicyclic) bond motifs is 3. The summed E-state index contributed by atoms with van der Waals surface area (Å²) in [6.07, 6.45) is 0.706. The minimum absolute atomic E-state index is 0.195. The zero-order valence-corrected chi connectivity index (χ0v) is 21.4. The SMILES string of the molecule is Nc1ccc(NS(=O)(=O)Cc2ccc3c(c2)-c2cc(CS(=O)(=O)Nc4ccc(N)cc4)ccc2C3)cc1. The Kier molecular flexibility index (Phi) is 6.30. The molecule has 5 rings (SSSR count). The molecule has 37 heavy (non-hydrogen) atoms. The second-order valence-electron chi connectivity index (χ2n) is 9.13. The van der Waals surface area contributed by atoms with Crippen LogP contribution >= 0.6 is 0 Å². The summed E-state index contributed by atoms with van der Waals surface area (Å²) in [5.74, 6) is -0.390. The highest BCUT2D eigenvalue weighted by Crippen LogP contribution is 2.38. The van der Waals surface area contributed by atoms with E-state index in [1.165, 1.54) is 0 Å². The standard InChI is InChI=1S/C27H26N4O4S2/c28-22-5-9-24(10-6-22)30-36(32,33)16-18-1-3-20-15-21-4-2-19(14-27(21)26(20)13-18)17-37(34,35)31-25-11-7-23(29)8-12-25/h1-14,30-31H,15-17,28-29H2. The van der Waals surface area contributed by atoms with E-state index in [-0.39, 0.29) is 11.5 Å². The van der Waals surface area contributed by atoms with Gasteiger partial charge in [0.1, 0.15) is 0 Å². The summed E-state index contributed by atoms with van der Waals surface area (Å²) >= 11 is 0. The maximum atomic E-state index is 12.8. The molecule has 0 atom stereocenters. The summed E-state index contributed by atoms with van der Waals surface area (Å²) in [4.78, 5) is 0. The van der Waals surface area contributed by atoms with Gasteiger partial charge in [-0.25, -0.2) is 16.8 Å². The molecule has 0 spiro atoms. The molecule has 4 aromatic rings. The predicted octanol–water partition coefficient (Wildman–Crippen LogP) is 4.31. The second kappa shape index (κ2) is 9.45. The average Bonchev–Trinajstić information content (AvgIpc) is 3.18. The van der Waals surface area contributed by atoms with Crippen LogP contribution < -0.4 is 20.9 Å². The van der Waals surface area contributed by atoms with Crippen LogP contribution in [0.3, 0.4) is 0 Å². The van der Waals surface area contributed by atoms with Crippen molar-refractivity contribution in [3.05, 3.63) is 107 Å². The topological polar surface area (TPSA) is 144 Å². The van der Waals surface area contributed by atoms with E-state index in [0.717, 1.165) is 22.3 Å². The van der Waals surface area contributed by atoms with Gasteiger partial charge in [-0.3, -0.25) is 9.44 Å². The maximum absolute atomic E-state index is 12.8. The lowest BCUT2D eigenvalue weighted by Gasteiger charge is -2.11. The average molecular weight is 535 g/mol.